The van der Waals surface area contributed by atoms with Gasteiger partial charge in [0.15, 0.2) is 6.39 Å². The zero-order valence-corrected chi connectivity index (χ0v) is 14.6. The van der Waals surface area contributed by atoms with Gasteiger partial charge in [-0.25, -0.2) is 9.97 Å². The van der Waals surface area contributed by atoms with Crippen molar-refractivity contribution >= 4 is 32.9 Å². The molecular formula is C17H17BrN4O2. The summed E-state index contributed by atoms with van der Waals surface area (Å²) in [6.45, 7) is 1.52. The molecule has 24 heavy (non-hydrogen) atoms. The van der Waals surface area contributed by atoms with Crippen LogP contribution in [0.2, 0.25) is 0 Å². The minimum atomic E-state index is 0.158. The van der Waals surface area contributed by atoms with Gasteiger partial charge in [0.25, 0.3) is 0 Å². The van der Waals surface area contributed by atoms with Gasteiger partial charge in [0, 0.05) is 23.5 Å². The molecule has 1 fully saturated rings. The summed E-state index contributed by atoms with van der Waals surface area (Å²) in [5.41, 5.74) is 2.82. The van der Waals surface area contributed by atoms with Crippen LogP contribution in [0.1, 0.15) is 30.1 Å². The van der Waals surface area contributed by atoms with Crippen molar-refractivity contribution in [2.75, 3.05) is 13.1 Å². The number of halogens is 1. The Hall–Kier alpha value is -2.15. The van der Waals surface area contributed by atoms with E-state index >= 15 is 0 Å². The molecule has 1 amide bonds. The zero-order chi connectivity index (χ0) is 16.5. The lowest BCUT2D eigenvalue weighted by molar-refractivity contribution is -0.131. The van der Waals surface area contributed by atoms with Crippen molar-refractivity contribution in [3.05, 3.63) is 46.8 Å². The standard InChI is InChI=1S/C17H17BrN4O2/c18-13-7-15-14(20-9-21-15)5-12(13)6-17(23)22-3-1-11(2-4-22)16-8-19-10-24-16/h5,7-11H,1-4,6H2,(H,20,21). The summed E-state index contributed by atoms with van der Waals surface area (Å²) in [6.07, 6.45) is 7.14. The molecule has 0 saturated carbocycles. The van der Waals surface area contributed by atoms with Gasteiger partial charge in [0.2, 0.25) is 5.91 Å². The largest absolute Gasteiger partial charge is 0.448 e. The van der Waals surface area contributed by atoms with E-state index < -0.39 is 0 Å². The highest BCUT2D eigenvalue weighted by Gasteiger charge is 2.26. The Morgan fingerprint density at radius 3 is 2.96 bits per heavy atom. The molecule has 1 aliphatic heterocycles. The topological polar surface area (TPSA) is 75.0 Å². The molecule has 1 aliphatic rings. The molecule has 0 bridgehead atoms. The van der Waals surface area contributed by atoms with E-state index in [1.807, 2.05) is 17.0 Å². The van der Waals surface area contributed by atoms with Gasteiger partial charge in [0.05, 0.1) is 30.0 Å². The summed E-state index contributed by atoms with van der Waals surface area (Å²) in [7, 11) is 0. The Morgan fingerprint density at radius 1 is 1.38 bits per heavy atom. The van der Waals surface area contributed by atoms with Gasteiger partial charge in [-0.05, 0) is 30.5 Å². The van der Waals surface area contributed by atoms with E-state index in [0.717, 1.165) is 52.8 Å². The summed E-state index contributed by atoms with van der Waals surface area (Å²) in [6, 6.07) is 3.94. The van der Waals surface area contributed by atoms with Crippen molar-refractivity contribution in [3.8, 4) is 0 Å². The number of fused-ring (bicyclic) bond motifs is 1. The van der Waals surface area contributed by atoms with E-state index in [9.17, 15) is 4.79 Å². The number of benzene rings is 1. The number of nitrogens with one attached hydrogen (secondary N) is 1. The van der Waals surface area contributed by atoms with Crippen LogP contribution in [-0.2, 0) is 11.2 Å². The molecule has 2 aromatic heterocycles. The molecule has 0 spiro atoms. The van der Waals surface area contributed by atoms with Crippen LogP contribution >= 0.6 is 15.9 Å². The number of oxazole rings is 1. The number of likely N-dealkylation sites (tertiary alicyclic amines) is 1. The number of amides is 1. The van der Waals surface area contributed by atoms with Crippen LogP contribution in [0.4, 0.5) is 0 Å². The fraction of sp³-hybridized carbons (Fsp3) is 0.353. The van der Waals surface area contributed by atoms with Gasteiger partial charge in [-0.2, -0.15) is 0 Å². The number of hydrogen-bond acceptors (Lipinski definition) is 4. The third-order valence-corrected chi connectivity index (χ3v) is 5.37. The first kappa shape index (κ1) is 15.4. The van der Waals surface area contributed by atoms with Crippen LogP contribution < -0.4 is 0 Å². The second kappa shape index (κ2) is 6.39. The first-order chi connectivity index (χ1) is 11.7. The summed E-state index contributed by atoms with van der Waals surface area (Å²) >= 11 is 3.55. The summed E-state index contributed by atoms with van der Waals surface area (Å²) in [4.78, 5) is 25.9. The van der Waals surface area contributed by atoms with Gasteiger partial charge in [0.1, 0.15) is 5.76 Å². The molecule has 7 heteroatoms. The molecule has 124 valence electrons. The smallest absolute Gasteiger partial charge is 0.227 e. The second-order valence-electron chi connectivity index (χ2n) is 6.10. The first-order valence-corrected chi connectivity index (χ1v) is 8.77. The van der Waals surface area contributed by atoms with Gasteiger partial charge in [-0.3, -0.25) is 4.79 Å². The number of imidazole rings is 1. The highest BCUT2D eigenvalue weighted by molar-refractivity contribution is 9.10. The summed E-state index contributed by atoms with van der Waals surface area (Å²) in [5, 5.41) is 0. The molecule has 0 atom stereocenters. The molecule has 3 aromatic rings. The number of hydrogen-bond donors (Lipinski definition) is 1. The van der Waals surface area contributed by atoms with E-state index in [0.29, 0.717) is 12.3 Å². The Kier molecular flexibility index (Phi) is 4.10. The number of rotatable bonds is 3. The van der Waals surface area contributed by atoms with Crippen LogP contribution in [-0.4, -0.2) is 38.8 Å². The van der Waals surface area contributed by atoms with Crippen LogP contribution in [0, 0.1) is 0 Å². The molecule has 0 unspecified atom stereocenters. The number of aromatic nitrogens is 3. The number of carbonyl (C=O) groups excluding carboxylic acids is 1. The third kappa shape index (κ3) is 2.96. The van der Waals surface area contributed by atoms with Crippen LogP contribution in [0.3, 0.4) is 0 Å². The van der Waals surface area contributed by atoms with Crippen molar-refractivity contribution in [3.63, 3.8) is 0 Å². The van der Waals surface area contributed by atoms with Crippen molar-refractivity contribution in [2.45, 2.75) is 25.2 Å². The first-order valence-electron chi connectivity index (χ1n) is 7.98. The molecule has 1 saturated heterocycles. The van der Waals surface area contributed by atoms with Gasteiger partial charge >= 0.3 is 0 Å². The molecule has 0 aliphatic carbocycles. The minimum absolute atomic E-state index is 0.158. The van der Waals surface area contributed by atoms with E-state index in [2.05, 4.69) is 30.9 Å². The number of aromatic amines is 1. The number of piperidine rings is 1. The normalized spacial score (nSPS) is 16.0. The molecular weight excluding hydrogens is 372 g/mol. The summed E-state index contributed by atoms with van der Waals surface area (Å²) < 4.78 is 6.31. The van der Waals surface area contributed by atoms with Gasteiger partial charge < -0.3 is 14.3 Å². The number of H-pyrrole nitrogens is 1. The van der Waals surface area contributed by atoms with E-state index in [4.69, 9.17) is 4.42 Å². The second-order valence-corrected chi connectivity index (χ2v) is 6.95. The summed E-state index contributed by atoms with van der Waals surface area (Å²) in [5.74, 6) is 1.45. The van der Waals surface area contributed by atoms with Crippen molar-refractivity contribution in [1.82, 2.24) is 19.9 Å². The quantitative estimate of drug-likeness (QED) is 0.746. The van der Waals surface area contributed by atoms with E-state index in [1.165, 1.54) is 6.39 Å². The van der Waals surface area contributed by atoms with Crippen molar-refractivity contribution < 1.29 is 9.21 Å². The fourth-order valence-electron chi connectivity index (χ4n) is 3.25. The third-order valence-electron chi connectivity index (χ3n) is 4.63. The van der Waals surface area contributed by atoms with Gasteiger partial charge in [-0.15, -0.1) is 0 Å². The average Bonchev–Trinajstić information content (AvgIpc) is 3.26. The molecule has 6 nitrogen and oxygen atoms in total. The fourth-order valence-corrected chi connectivity index (χ4v) is 3.72. The van der Waals surface area contributed by atoms with Crippen molar-refractivity contribution in [1.29, 1.82) is 0 Å². The lowest BCUT2D eigenvalue weighted by Gasteiger charge is -2.31. The SMILES string of the molecule is O=C(Cc1cc2[nH]cnc2cc1Br)N1CCC(c2cnco2)CC1. The van der Waals surface area contributed by atoms with Crippen LogP contribution in [0.25, 0.3) is 11.0 Å². The lowest BCUT2D eigenvalue weighted by Crippen LogP contribution is -2.38. The predicted octanol–water partition coefficient (Wildman–Crippen LogP) is 3.26. The maximum Gasteiger partial charge on any atom is 0.227 e. The number of nitrogens with zero attached hydrogens (tertiary/aromatic N) is 3. The lowest BCUT2D eigenvalue weighted by atomic mass is 9.94. The predicted molar refractivity (Wildman–Crippen MR) is 92.6 cm³/mol. The van der Waals surface area contributed by atoms with Gasteiger partial charge in [-0.1, -0.05) is 15.9 Å². The Labute approximate surface area is 147 Å². The number of carbonyl (C=O) groups is 1. The Balaban J connectivity index is 1.42. The maximum atomic E-state index is 12.6. The van der Waals surface area contributed by atoms with E-state index in [-0.39, 0.29) is 5.91 Å². The zero-order valence-electron chi connectivity index (χ0n) is 13.0. The van der Waals surface area contributed by atoms with Crippen LogP contribution in [0.15, 0.2) is 39.9 Å². The molecule has 4 rings (SSSR count). The highest BCUT2D eigenvalue weighted by atomic mass is 79.9. The highest BCUT2D eigenvalue weighted by Crippen LogP contribution is 2.29. The average molecular weight is 389 g/mol. The van der Waals surface area contributed by atoms with E-state index in [1.54, 1.807) is 12.5 Å². The maximum absolute atomic E-state index is 12.6. The molecule has 3 heterocycles. The Bertz CT molecular complexity index is 851. The molecule has 1 aromatic carbocycles. The van der Waals surface area contributed by atoms with Crippen molar-refractivity contribution in [2.24, 2.45) is 0 Å². The van der Waals surface area contributed by atoms with Crippen LogP contribution in [0.5, 0.6) is 0 Å². The minimum Gasteiger partial charge on any atom is -0.448 e. The Morgan fingerprint density at radius 2 is 2.21 bits per heavy atom. The monoisotopic (exact) mass is 388 g/mol. The molecule has 0 radical (unpaired) electrons. The molecule has 1 N–H and O–H groups in total.